The third-order valence-corrected chi connectivity index (χ3v) is 6.58. The van der Waals surface area contributed by atoms with Crippen molar-refractivity contribution in [1.82, 2.24) is 21.3 Å². The van der Waals surface area contributed by atoms with Crippen molar-refractivity contribution in [3.8, 4) is 0 Å². The first-order valence-corrected chi connectivity index (χ1v) is 13.3. The highest BCUT2D eigenvalue weighted by Gasteiger charge is 2.44. The highest BCUT2D eigenvalue weighted by Crippen LogP contribution is 2.23. The summed E-state index contributed by atoms with van der Waals surface area (Å²) in [6.07, 6.45) is -4.98. The minimum absolute atomic E-state index is 0.0269. The Morgan fingerprint density at radius 3 is 2.00 bits per heavy atom. The van der Waals surface area contributed by atoms with E-state index in [9.17, 15) is 41.9 Å². The van der Waals surface area contributed by atoms with Crippen LogP contribution in [0.3, 0.4) is 0 Å². The molecule has 0 aliphatic carbocycles. The van der Waals surface area contributed by atoms with Gasteiger partial charge in [0.15, 0.2) is 0 Å². The van der Waals surface area contributed by atoms with E-state index in [1.54, 1.807) is 37.4 Å². The molecule has 0 radical (unpaired) electrons. The minimum atomic E-state index is -5.23. The molecule has 1 fully saturated rings. The third-order valence-electron chi connectivity index (χ3n) is 6.58. The Morgan fingerprint density at radius 1 is 0.927 bits per heavy atom. The Hall–Kier alpha value is -3.77. The Labute approximate surface area is 236 Å². The molecular weight excluding hydrogens is 545 g/mol. The van der Waals surface area contributed by atoms with Crippen LogP contribution in [0.25, 0.3) is 0 Å². The van der Waals surface area contributed by atoms with Crippen LogP contribution >= 0.6 is 0 Å². The molecule has 1 aliphatic heterocycles. The molecule has 4 N–H and O–H groups in total. The van der Waals surface area contributed by atoms with Gasteiger partial charge in [0.2, 0.25) is 29.3 Å². The molecule has 4 amide bonds. The lowest BCUT2D eigenvalue weighted by Gasteiger charge is -2.32. The summed E-state index contributed by atoms with van der Waals surface area (Å²) in [4.78, 5) is 76.6. The zero-order valence-corrected chi connectivity index (χ0v) is 23.7. The van der Waals surface area contributed by atoms with Crippen molar-refractivity contribution in [1.29, 1.82) is 0 Å². The molecule has 1 saturated heterocycles. The number of halogens is 3. The lowest BCUT2D eigenvalue weighted by molar-refractivity contribution is -0.175. The van der Waals surface area contributed by atoms with Gasteiger partial charge in [-0.05, 0) is 30.6 Å². The largest absolute Gasteiger partial charge is 0.471 e. The molecule has 0 spiro atoms. The van der Waals surface area contributed by atoms with E-state index >= 15 is 0 Å². The number of ketones is 2. The summed E-state index contributed by atoms with van der Waals surface area (Å²) in [5.41, 5.74) is -1.08. The van der Waals surface area contributed by atoms with E-state index in [-0.39, 0.29) is 30.2 Å². The molecule has 0 saturated carbocycles. The lowest BCUT2D eigenvalue weighted by Crippen LogP contribution is -2.60. The molecule has 13 heteroatoms. The molecule has 2 rings (SSSR count). The van der Waals surface area contributed by atoms with E-state index < -0.39 is 64.9 Å². The van der Waals surface area contributed by atoms with Gasteiger partial charge in [-0.15, -0.1) is 0 Å². The van der Waals surface area contributed by atoms with E-state index in [1.807, 2.05) is 0 Å². The second-order valence-corrected chi connectivity index (χ2v) is 11.6. The molecule has 10 nitrogen and oxygen atoms in total. The molecule has 1 aromatic rings. The van der Waals surface area contributed by atoms with Gasteiger partial charge < -0.3 is 21.3 Å². The topological polar surface area (TPSA) is 151 Å². The van der Waals surface area contributed by atoms with Crippen LogP contribution in [0, 0.1) is 17.3 Å². The summed E-state index contributed by atoms with van der Waals surface area (Å²) < 4.78 is 38.8. The maximum Gasteiger partial charge on any atom is 0.471 e. The zero-order valence-electron chi connectivity index (χ0n) is 23.7. The standard InChI is InChI=1S/C28H37F3N4O6/c1-15(2)13-19(34-25(40)22(27(3,4)5)35-26(41)28(29,30)31)24(39)33-18(14-17-11-12-32-23(17)38)21(37)20(36)16-9-7-6-8-10-16/h6-10,15,17-19,22H,11-14H2,1-5H3,(H,32,38)(H,33,39)(H,34,40)(H,35,41)/t17?,18?,19-,22+/m0/s1. The van der Waals surface area contributed by atoms with Gasteiger partial charge in [0.1, 0.15) is 12.1 Å². The second kappa shape index (κ2) is 13.7. The second-order valence-electron chi connectivity index (χ2n) is 11.6. The van der Waals surface area contributed by atoms with Gasteiger partial charge in [0.25, 0.3) is 0 Å². The fraction of sp³-hybridized carbons (Fsp3) is 0.571. The molecule has 1 aliphatic rings. The molecule has 226 valence electrons. The smallest absolute Gasteiger partial charge is 0.356 e. The number of amides is 4. The summed E-state index contributed by atoms with van der Waals surface area (Å²) in [5, 5.41) is 9.23. The van der Waals surface area contributed by atoms with Crippen LogP contribution in [-0.2, 0) is 24.0 Å². The van der Waals surface area contributed by atoms with Crippen molar-refractivity contribution in [2.45, 2.75) is 78.2 Å². The van der Waals surface area contributed by atoms with Crippen molar-refractivity contribution in [2.24, 2.45) is 17.3 Å². The Kier molecular flexibility index (Phi) is 11.2. The molecule has 0 bridgehead atoms. The van der Waals surface area contributed by atoms with Gasteiger partial charge in [-0.3, -0.25) is 28.8 Å². The van der Waals surface area contributed by atoms with Crippen LogP contribution in [0.2, 0.25) is 0 Å². The summed E-state index contributed by atoms with van der Waals surface area (Å²) in [6, 6.07) is 3.28. The number of rotatable bonds is 12. The van der Waals surface area contributed by atoms with Crippen molar-refractivity contribution in [2.75, 3.05) is 6.54 Å². The fourth-order valence-electron chi connectivity index (χ4n) is 4.39. The molecule has 4 atom stereocenters. The van der Waals surface area contributed by atoms with Gasteiger partial charge in [-0.25, -0.2) is 0 Å². The third kappa shape index (κ3) is 9.68. The number of hydrogen-bond acceptors (Lipinski definition) is 6. The Bertz CT molecular complexity index is 1150. The first kappa shape index (κ1) is 33.4. The molecule has 2 unspecified atom stereocenters. The summed E-state index contributed by atoms with van der Waals surface area (Å²) in [6.45, 7) is 8.19. The van der Waals surface area contributed by atoms with Crippen molar-refractivity contribution in [3.05, 3.63) is 35.9 Å². The minimum Gasteiger partial charge on any atom is -0.356 e. The zero-order chi connectivity index (χ0) is 31.1. The number of Topliss-reactive ketones (excluding diaryl/α,β-unsaturated/α-hetero) is 2. The number of hydrogen-bond donors (Lipinski definition) is 4. The van der Waals surface area contributed by atoms with Crippen LogP contribution in [0.4, 0.5) is 13.2 Å². The Balaban J connectivity index is 2.32. The van der Waals surface area contributed by atoms with Crippen LogP contribution in [0.1, 0.15) is 64.2 Å². The number of benzene rings is 1. The van der Waals surface area contributed by atoms with Crippen molar-refractivity contribution < 1.29 is 41.9 Å². The van der Waals surface area contributed by atoms with Crippen LogP contribution < -0.4 is 21.3 Å². The molecule has 1 aromatic carbocycles. The van der Waals surface area contributed by atoms with Crippen LogP contribution in [-0.4, -0.2) is 66.0 Å². The summed E-state index contributed by atoms with van der Waals surface area (Å²) >= 11 is 0. The molecule has 0 aromatic heterocycles. The SMILES string of the molecule is CC(C)C[C@H](NC(=O)[C@@H](NC(=O)C(F)(F)F)C(C)(C)C)C(=O)NC(CC1CCNC1=O)C(=O)C(=O)c1ccccc1. The highest BCUT2D eigenvalue weighted by molar-refractivity contribution is 6.45. The maximum atomic E-state index is 13.4. The van der Waals surface area contributed by atoms with Crippen LogP contribution in [0.5, 0.6) is 0 Å². The monoisotopic (exact) mass is 582 g/mol. The van der Waals surface area contributed by atoms with Crippen LogP contribution in [0.15, 0.2) is 30.3 Å². The predicted molar refractivity (Wildman–Crippen MR) is 142 cm³/mol. The summed E-state index contributed by atoms with van der Waals surface area (Å²) in [7, 11) is 0. The van der Waals surface area contributed by atoms with E-state index in [0.717, 1.165) is 0 Å². The predicted octanol–water partition coefficient (Wildman–Crippen LogP) is 2.07. The molecular formula is C28H37F3N4O6. The maximum absolute atomic E-state index is 13.4. The first-order chi connectivity index (χ1) is 18.9. The van der Waals surface area contributed by atoms with Gasteiger partial charge in [-0.2, -0.15) is 13.2 Å². The quantitative estimate of drug-likeness (QED) is 0.219. The Morgan fingerprint density at radius 2 is 1.51 bits per heavy atom. The van der Waals surface area contributed by atoms with E-state index in [0.29, 0.717) is 13.0 Å². The van der Waals surface area contributed by atoms with Crippen molar-refractivity contribution in [3.63, 3.8) is 0 Å². The average Bonchev–Trinajstić information content (AvgIpc) is 3.28. The number of carbonyl (C=O) groups excluding carboxylic acids is 6. The van der Waals surface area contributed by atoms with Gasteiger partial charge in [-0.1, -0.05) is 65.0 Å². The average molecular weight is 583 g/mol. The summed E-state index contributed by atoms with van der Waals surface area (Å²) in [5.74, 6) is -7.19. The van der Waals surface area contributed by atoms with E-state index in [1.165, 1.54) is 32.9 Å². The highest BCUT2D eigenvalue weighted by atomic mass is 19.4. The first-order valence-electron chi connectivity index (χ1n) is 13.3. The molecule has 1 heterocycles. The normalized spacial score (nSPS) is 17.7. The lowest BCUT2D eigenvalue weighted by atomic mass is 9.85. The number of alkyl halides is 3. The van der Waals surface area contributed by atoms with Gasteiger partial charge in [0.05, 0.1) is 6.04 Å². The van der Waals surface area contributed by atoms with Gasteiger partial charge in [0, 0.05) is 18.0 Å². The van der Waals surface area contributed by atoms with E-state index in [2.05, 4.69) is 16.0 Å². The van der Waals surface area contributed by atoms with E-state index in [4.69, 9.17) is 0 Å². The number of nitrogens with one attached hydrogen (secondary N) is 4. The van der Waals surface area contributed by atoms with Crippen molar-refractivity contribution >= 4 is 35.2 Å². The molecule has 41 heavy (non-hydrogen) atoms. The fourth-order valence-corrected chi connectivity index (χ4v) is 4.39. The van der Waals surface area contributed by atoms with Gasteiger partial charge >= 0.3 is 12.1 Å². The number of carbonyl (C=O) groups is 6.